The van der Waals surface area contributed by atoms with Gasteiger partial charge in [0.2, 0.25) is 17.7 Å². The SMILES string of the molecule is CC[C@H](NC(=O)[C@@H](NC(=O)[C@@H]1CCCN1C(=O)[C@H](Cc1ccc(O)cc1)NC(=O)c1cc(O)ccc1O)[C@@H](C)CC)C(=O)O. The van der Waals surface area contributed by atoms with E-state index in [-0.39, 0.29) is 42.4 Å². The molecule has 3 rings (SSSR count). The maximum Gasteiger partial charge on any atom is 0.326 e. The number of aromatic hydroxyl groups is 3. The lowest BCUT2D eigenvalue weighted by atomic mass is 9.97. The van der Waals surface area contributed by atoms with E-state index in [9.17, 15) is 44.4 Å². The number of hydrogen-bond donors (Lipinski definition) is 7. The molecule has 1 aliphatic rings. The van der Waals surface area contributed by atoms with Crippen LogP contribution < -0.4 is 16.0 Å². The number of nitrogens with zero attached hydrogens (tertiary/aromatic N) is 1. The molecule has 0 radical (unpaired) electrons. The maximum atomic E-state index is 13.9. The number of nitrogens with one attached hydrogen (secondary N) is 3. The molecule has 2 aromatic carbocycles. The molecule has 2 aromatic rings. The number of carbonyl (C=O) groups is 5. The van der Waals surface area contributed by atoms with Gasteiger partial charge in [-0.05, 0) is 61.1 Å². The van der Waals surface area contributed by atoms with Crippen LogP contribution >= 0.6 is 0 Å². The highest BCUT2D eigenvalue weighted by Gasteiger charge is 2.40. The minimum Gasteiger partial charge on any atom is -0.508 e. The highest BCUT2D eigenvalue weighted by molar-refractivity contribution is 6.01. The van der Waals surface area contributed by atoms with E-state index in [4.69, 9.17) is 0 Å². The van der Waals surface area contributed by atoms with Gasteiger partial charge in [0, 0.05) is 13.0 Å². The van der Waals surface area contributed by atoms with Crippen LogP contribution in [0.3, 0.4) is 0 Å². The van der Waals surface area contributed by atoms with Crippen LogP contribution in [0.15, 0.2) is 42.5 Å². The Kier molecular flexibility index (Phi) is 11.5. The molecule has 4 amide bonds. The van der Waals surface area contributed by atoms with Crippen molar-refractivity contribution in [2.45, 2.75) is 77.0 Å². The van der Waals surface area contributed by atoms with E-state index in [0.717, 1.165) is 12.1 Å². The molecule has 13 heteroatoms. The number of carboxylic acid groups (broad SMARTS) is 1. The highest BCUT2D eigenvalue weighted by Crippen LogP contribution is 2.24. The summed E-state index contributed by atoms with van der Waals surface area (Å²) in [5, 5.41) is 46.9. The summed E-state index contributed by atoms with van der Waals surface area (Å²) in [5.74, 6) is -4.82. The van der Waals surface area contributed by atoms with Crippen molar-refractivity contribution in [2.75, 3.05) is 6.54 Å². The third-order valence-corrected chi connectivity index (χ3v) is 7.86. The Hall–Kier alpha value is -4.81. The van der Waals surface area contributed by atoms with Gasteiger partial charge in [-0.2, -0.15) is 0 Å². The first-order valence-electron chi connectivity index (χ1n) is 14.6. The van der Waals surface area contributed by atoms with E-state index >= 15 is 0 Å². The van der Waals surface area contributed by atoms with Gasteiger partial charge < -0.3 is 41.3 Å². The van der Waals surface area contributed by atoms with Gasteiger partial charge >= 0.3 is 5.97 Å². The normalized spacial score (nSPS) is 17.2. The van der Waals surface area contributed by atoms with E-state index in [0.29, 0.717) is 24.8 Å². The van der Waals surface area contributed by atoms with Crippen LogP contribution in [0.1, 0.15) is 62.4 Å². The van der Waals surface area contributed by atoms with Crippen molar-refractivity contribution in [3.63, 3.8) is 0 Å². The molecule has 1 heterocycles. The van der Waals surface area contributed by atoms with Gasteiger partial charge in [-0.15, -0.1) is 0 Å². The van der Waals surface area contributed by atoms with Gasteiger partial charge in [-0.3, -0.25) is 19.2 Å². The molecule has 44 heavy (non-hydrogen) atoms. The summed E-state index contributed by atoms with van der Waals surface area (Å²) in [6.07, 6.45) is 1.43. The predicted octanol–water partition coefficient (Wildman–Crippen LogP) is 1.65. The molecule has 238 valence electrons. The second-order valence-corrected chi connectivity index (χ2v) is 11.0. The van der Waals surface area contributed by atoms with Crippen LogP contribution in [0, 0.1) is 5.92 Å². The van der Waals surface area contributed by atoms with Gasteiger partial charge in [0.05, 0.1) is 5.56 Å². The van der Waals surface area contributed by atoms with E-state index in [1.807, 2.05) is 6.92 Å². The van der Waals surface area contributed by atoms with Crippen LogP contribution in [0.4, 0.5) is 0 Å². The Bertz CT molecular complexity index is 1360. The number of likely N-dealkylation sites (tertiary alicyclic amines) is 1. The quantitative estimate of drug-likeness (QED) is 0.164. The lowest BCUT2D eigenvalue weighted by molar-refractivity contribution is -0.143. The lowest BCUT2D eigenvalue weighted by Crippen LogP contribution is -2.58. The lowest BCUT2D eigenvalue weighted by Gasteiger charge is -2.31. The van der Waals surface area contributed by atoms with Crippen molar-refractivity contribution in [3.8, 4) is 17.2 Å². The van der Waals surface area contributed by atoms with E-state index < -0.39 is 59.5 Å². The number of aliphatic carboxylic acids is 1. The monoisotopic (exact) mass is 612 g/mol. The van der Waals surface area contributed by atoms with Crippen LogP contribution in [-0.4, -0.2) is 85.6 Å². The Morgan fingerprint density at radius 3 is 2.16 bits per heavy atom. The fraction of sp³-hybridized carbons (Fsp3) is 0.452. The molecule has 1 aliphatic heterocycles. The molecule has 0 unspecified atom stereocenters. The molecule has 7 N–H and O–H groups in total. The number of carboxylic acids is 1. The minimum absolute atomic E-state index is 0.00938. The Morgan fingerprint density at radius 1 is 0.886 bits per heavy atom. The smallest absolute Gasteiger partial charge is 0.326 e. The second-order valence-electron chi connectivity index (χ2n) is 11.0. The molecule has 0 aliphatic carbocycles. The van der Waals surface area contributed by atoms with E-state index in [1.165, 1.54) is 23.1 Å². The first-order chi connectivity index (χ1) is 20.9. The maximum absolute atomic E-state index is 13.9. The molecule has 0 bridgehead atoms. The van der Waals surface area contributed by atoms with Crippen molar-refractivity contribution in [1.82, 2.24) is 20.9 Å². The van der Waals surface area contributed by atoms with Crippen molar-refractivity contribution in [3.05, 3.63) is 53.6 Å². The Morgan fingerprint density at radius 2 is 1.55 bits per heavy atom. The standard InChI is InChI=1S/C31H40N4O9/c1-4-17(3)26(29(41)32-22(5-2)31(43)44)34-28(40)24-7-6-14-35(24)30(42)23(15-18-8-10-19(36)11-9-18)33-27(39)21-16-20(37)12-13-25(21)38/h8-13,16-17,22-24,26,36-38H,4-7,14-15H2,1-3H3,(H,32,41)(H,33,39)(H,34,40)(H,43,44)/t17-,22-,23-,24-,26-/m0/s1. The van der Waals surface area contributed by atoms with Crippen molar-refractivity contribution in [1.29, 1.82) is 0 Å². The van der Waals surface area contributed by atoms with Gasteiger partial charge in [0.25, 0.3) is 5.91 Å². The first kappa shape index (κ1) is 33.7. The summed E-state index contributed by atoms with van der Waals surface area (Å²) in [6, 6.07) is 5.11. The number of benzene rings is 2. The van der Waals surface area contributed by atoms with Crippen molar-refractivity contribution < 1.29 is 44.4 Å². The molecule has 13 nitrogen and oxygen atoms in total. The molecular formula is C31H40N4O9. The van der Waals surface area contributed by atoms with Gasteiger partial charge in [-0.25, -0.2) is 4.79 Å². The molecule has 5 atom stereocenters. The van der Waals surface area contributed by atoms with Crippen LogP contribution in [-0.2, 0) is 25.6 Å². The largest absolute Gasteiger partial charge is 0.508 e. The molecular weight excluding hydrogens is 572 g/mol. The number of amides is 4. The second kappa shape index (κ2) is 15.1. The zero-order valence-corrected chi connectivity index (χ0v) is 24.9. The third-order valence-electron chi connectivity index (χ3n) is 7.86. The zero-order chi connectivity index (χ0) is 32.6. The Balaban J connectivity index is 1.85. The summed E-state index contributed by atoms with van der Waals surface area (Å²) >= 11 is 0. The summed E-state index contributed by atoms with van der Waals surface area (Å²) in [6.45, 7) is 5.40. The average Bonchev–Trinajstić information content (AvgIpc) is 3.49. The van der Waals surface area contributed by atoms with Crippen molar-refractivity contribution in [2.24, 2.45) is 5.92 Å². The van der Waals surface area contributed by atoms with Gasteiger partial charge in [-0.1, -0.05) is 39.3 Å². The van der Waals surface area contributed by atoms with Crippen LogP contribution in [0.2, 0.25) is 0 Å². The summed E-state index contributed by atoms with van der Waals surface area (Å²) in [7, 11) is 0. The van der Waals surface area contributed by atoms with Gasteiger partial charge in [0.15, 0.2) is 0 Å². The predicted molar refractivity (Wildman–Crippen MR) is 159 cm³/mol. The summed E-state index contributed by atoms with van der Waals surface area (Å²) < 4.78 is 0. The van der Waals surface area contributed by atoms with E-state index in [1.54, 1.807) is 26.0 Å². The van der Waals surface area contributed by atoms with Crippen LogP contribution in [0.25, 0.3) is 0 Å². The van der Waals surface area contributed by atoms with Crippen LogP contribution in [0.5, 0.6) is 17.2 Å². The number of carbonyl (C=O) groups excluding carboxylic acids is 4. The Labute approximate surface area is 255 Å². The number of hydrogen-bond acceptors (Lipinski definition) is 8. The molecule has 0 aromatic heterocycles. The molecule has 0 spiro atoms. The molecule has 1 fully saturated rings. The minimum atomic E-state index is -1.20. The van der Waals surface area contributed by atoms with Gasteiger partial charge in [0.1, 0.15) is 41.4 Å². The molecule has 1 saturated heterocycles. The highest BCUT2D eigenvalue weighted by atomic mass is 16.4. The fourth-order valence-electron chi connectivity index (χ4n) is 5.06. The number of phenolic OH excluding ortho intramolecular Hbond substituents is 3. The third kappa shape index (κ3) is 8.39. The number of rotatable bonds is 13. The first-order valence-corrected chi connectivity index (χ1v) is 14.6. The fourth-order valence-corrected chi connectivity index (χ4v) is 5.06. The zero-order valence-electron chi connectivity index (χ0n) is 24.9. The summed E-state index contributed by atoms with van der Waals surface area (Å²) in [4.78, 5) is 66.5. The molecule has 0 saturated carbocycles. The number of phenols is 3. The van der Waals surface area contributed by atoms with E-state index in [2.05, 4.69) is 16.0 Å². The van der Waals surface area contributed by atoms with Crippen molar-refractivity contribution >= 4 is 29.6 Å². The average molecular weight is 613 g/mol. The summed E-state index contributed by atoms with van der Waals surface area (Å²) in [5.41, 5.74) is 0.345. The topological polar surface area (TPSA) is 206 Å².